The first-order chi connectivity index (χ1) is 32.0. The van der Waals surface area contributed by atoms with E-state index in [4.69, 9.17) is 0 Å². The molecule has 0 fully saturated rings. The highest BCUT2D eigenvalue weighted by Crippen LogP contribution is 2.52. The normalized spacial score (nSPS) is 12.6. The van der Waals surface area contributed by atoms with E-state index in [0.717, 1.165) is 17.1 Å². The minimum absolute atomic E-state index is 0.179. The van der Waals surface area contributed by atoms with E-state index in [2.05, 4.69) is 255 Å². The van der Waals surface area contributed by atoms with Crippen LogP contribution in [0.3, 0.4) is 0 Å². The van der Waals surface area contributed by atoms with Crippen LogP contribution in [0.1, 0.15) is 25.0 Å². The Morgan fingerprint density at radius 1 is 0.292 bits per heavy atom. The molecular weight excluding hydrogens is 803 g/mol. The minimum Gasteiger partial charge on any atom is -0.310 e. The SMILES string of the molecule is CC1(C)c2cc(-c3ccccc3)ccc2-c2ccc(N(c3ccc(-c4ccc(-c5ccc6sc7ccccc7c6c5)cc4)cc3)c3ccc(-c4ccccc4-c4ccccc4)cc3)cc21. The van der Waals surface area contributed by atoms with Crippen molar-refractivity contribution in [1.29, 1.82) is 0 Å². The second kappa shape index (κ2) is 15.8. The number of anilines is 3. The van der Waals surface area contributed by atoms with Crippen LogP contribution >= 0.6 is 11.3 Å². The third-order valence-corrected chi connectivity index (χ3v) is 14.7. The van der Waals surface area contributed by atoms with Gasteiger partial charge in [0.15, 0.2) is 0 Å². The predicted octanol–water partition coefficient (Wildman–Crippen LogP) is 18.2. The van der Waals surface area contributed by atoms with E-state index in [0.29, 0.717) is 0 Å². The van der Waals surface area contributed by atoms with Crippen molar-refractivity contribution in [2.45, 2.75) is 19.3 Å². The van der Waals surface area contributed by atoms with Crippen molar-refractivity contribution < 1.29 is 0 Å². The van der Waals surface area contributed by atoms with E-state index in [1.165, 1.54) is 98.1 Å². The van der Waals surface area contributed by atoms with Crippen molar-refractivity contribution in [3.8, 4) is 66.8 Å². The van der Waals surface area contributed by atoms with Gasteiger partial charge in [-0.2, -0.15) is 0 Å². The Morgan fingerprint density at radius 2 is 0.708 bits per heavy atom. The fraction of sp³-hybridized carbons (Fsp3) is 0.0476. The largest absolute Gasteiger partial charge is 0.310 e. The molecule has 0 amide bonds. The van der Waals surface area contributed by atoms with Gasteiger partial charge in [-0.1, -0.05) is 190 Å². The Bertz CT molecular complexity index is 3530. The quantitative estimate of drug-likeness (QED) is 0.147. The van der Waals surface area contributed by atoms with E-state index in [1.54, 1.807) is 0 Å². The summed E-state index contributed by atoms with van der Waals surface area (Å²) in [7, 11) is 0. The molecule has 0 spiro atoms. The maximum atomic E-state index is 2.43. The van der Waals surface area contributed by atoms with Crippen LogP contribution in [0.15, 0.2) is 237 Å². The van der Waals surface area contributed by atoms with Crippen molar-refractivity contribution in [3.63, 3.8) is 0 Å². The summed E-state index contributed by atoms with van der Waals surface area (Å²) in [5.74, 6) is 0. The highest BCUT2D eigenvalue weighted by molar-refractivity contribution is 7.25. The number of thiophene rings is 1. The van der Waals surface area contributed by atoms with Gasteiger partial charge in [-0.3, -0.25) is 0 Å². The molecule has 0 bridgehead atoms. The molecule has 1 aliphatic carbocycles. The second-order valence-corrected chi connectivity index (χ2v) is 18.8. The molecule has 11 aromatic rings. The average Bonchev–Trinajstić information content (AvgIpc) is 3.85. The van der Waals surface area contributed by atoms with Gasteiger partial charge in [-0.05, 0) is 139 Å². The topological polar surface area (TPSA) is 3.24 Å². The van der Waals surface area contributed by atoms with Crippen LogP contribution in [0.4, 0.5) is 17.1 Å². The molecule has 0 saturated heterocycles. The average molecular weight is 848 g/mol. The lowest BCUT2D eigenvalue weighted by molar-refractivity contribution is 0.660. The van der Waals surface area contributed by atoms with Gasteiger partial charge in [0.1, 0.15) is 0 Å². The molecule has 12 rings (SSSR count). The fourth-order valence-electron chi connectivity index (χ4n) is 10.1. The molecule has 2 heteroatoms. The standard InChI is InChI=1S/C63H45NS/c1-63(2)59-40-49(42-13-5-3-6-14-42)29-36-55(59)56-37-35-52(41-60(56)63)64(51-33-27-47(28-34-51)54-18-10-9-17-53(54)46-15-7-4-8-16-46)50-31-25-44(26-32-50)43-21-23-45(24-22-43)48-30-38-62-58(39-48)57-19-11-12-20-61(57)65-62/h3-41H,1-2H3. The van der Waals surface area contributed by atoms with E-state index < -0.39 is 0 Å². The zero-order chi connectivity index (χ0) is 43.5. The third kappa shape index (κ3) is 6.86. The summed E-state index contributed by atoms with van der Waals surface area (Å²) in [5.41, 5.74) is 20.7. The molecule has 0 unspecified atom stereocenters. The molecule has 65 heavy (non-hydrogen) atoms. The summed E-state index contributed by atoms with van der Waals surface area (Å²) >= 11 is 1.86. The lowest BCUT2D eigenvalue weighted by Crippen LogP contribution is -2.16. The first-order valence-corrected chi connectivity index (χ1v) is 23.3. The summed E-state index contributed by atoms with van der Waals surface area (Å²) in [6.07, 6.45) is 0. The zero-order valence-electron chi connectivity index (χ0n) is 36.4. The molecule has 308 valence electrons. The summed E-state index contributed by atoms with van der Waals surface area (Å²) in [6.45, 7) is 4.75. The minimum atomic E-state index is -0.179. The maximum absolute atomic E-state index is 2.43. The molecular formula is C63H45NS. The Balaban J connectivity index is 0.905. The van der Waals surface area contributed by atoms with Crippen LogP contribution < -0.4 is 4.90 Å². The molecule has 1 nitrogen and oxygen atoms in total. The van der Waals surface area contributed by atoms with Crippen LogP contribution in [0.5, 0.6) is 0 Å². The number of rotatable bonds is 8. The van der Waals surface area contributed by atoms with E-state index in [-0.39, 0.29) is 5.41 Å². The molecule has 0 aliphatic heterocycles. The Hall–Kier alpha value is -7.78. The van der Waals surface area contributed by atoms with Crippen LogP contribution in [0.25, 0.3) is 86.9 Å². The summed E-state index contributed by atoms with van der Waals surface area (Å²) in [4.78, 5) is 2.42. The van der Waals surface area contributed by atoms with Crippen molar-refractivity contribution in [3.05, 3.63) is 248 Å². The number of benzene rings is 10. The first kappa shape index (κ1) is 38.9. The second-order valence-electron chi connectivity index (χ2n) is 17.7. The van der Waals surface area contributed by atoms with Gasteiger partial charge in [0, 0.05) is 42.6 Å². The Morgan fingerprint density at radius 3 is 1.37 bits per heavy atom. The van der Waals surface area contributed by atoms with Crippen LogP contribution in [-0.2, 0) is 5.41 Å². The summed E-state index contributed by atoms with van der Waals surface area (Å²) < 4.78 is 2.66. The van der Waals surface area contributed by atoms with Crippen LogP contribution in [0, 0.1) is 0 Å². The van der Waals surface area contributed by atoms with Crippen molar-refractivity contribution in [1.82, 2.24) is 0 Å². The van der Waals surface area contributed by atoms with Gasteiger partial charge in [-0.15, -0.1) is 11.3 Å². The third-order valence-electron chi connectivity index (χ3n) is 13.5. The molecule has 0 saturated carbocycles. The first-order valence-electron chi connectivity index (χ1n) is 22.5. The van der Waals surface area contributed by atoms with Crippen molar-refractivity contribution >= 4 is 48.6 Å². The molecule has 1 heterocycles. The molecule has 10 aromatic carbocycles. The monoisotopic (exact) mass is 847 g/mol. The van der Waals surface area contributed by atoms with Gasteiger partial charge < -0.3 is 4.90 Å². The van der Waals surface area contributed by atoms with E-state index in [1.807, 2.05) is 11.3 Å². The predicted molar refractivity (Wildman–Crippen MR) is 279 cm³/mol. The summed E-state index contributed by atoms with van der Waals surface area (Å²) in [6, 6.07) is 87.0. The maximum Gasteiger partial charge on any atom is 0.0465 e. The molecule has 0 atom stereocenters. The van der Waals surface area contributed by atoms with Crippen molar-refractivity contribution in [2.24, 2.45) is 0 Å². The van der Waals surface area contributed by atoms with E-state index in [9.17, 15) is 0 Å². The van der Waals surface area contributed by atoms with E-state index >= 15 is 0 Å². The summed E-state index contributed by atoms with van der Waals surface area (Å²) in [5, 5.41) is 2.66. The lowest BCUT2D eigenvalue weighted by atomic mass is 9.81. The number of nitrogens with zero attached hydrogens (tertiary/aromatic N) is 1. The van der Waals surface area contributed by atoms with Crippen molar-refractivity contribution in [2.75, 3.05) is 4.90 Å². The van der Waals surface area contributed by atoms with Gasteiger partial charge in [0.25, 0.3) is 0 Å². The van der Waals surface area contributed by atoms with Crippen LogP contribution in [-0.4, -0.2) is 0 Å². The Kier molecular flexibility index (Phi) is 9.44. The molecule has 0 N–H and O–H groups in total. The zero-order valence-corrected chi connectivity index (χ0v) is 37.2. The number of hydrogen-bond donors (Lipinski definition) is 0. The van der Waals surface area contributed by atoms with Gasteiger partial charge >= 0.3 is 0 Å². The van der Waals surface area contributed by atoms with Crippen LogP contribution in [0.2, 0.25) is 0 Å². The fourth-order valence-corrected chi connectivity index (χ4v) is 11.2. The molecule has 0 radical (unpaired) electrons. The highest BCUT2D eigenvalue weighted by atomic mass is 32.1. The van der Waals surface area contributed by atoms with Gasteiger partial charge in [0.05, 0.1) is 0 Å². The lowest BCUT2D eigenvalue weighted by Gasteiger charge is -2.28. The van der Waals surface area contributed by atoms with Gasteiger partial charge in [-0.25, -0.2) is 0 Å². The molecule has 1 aromatic heterocycles. The Labute approximate surface area is 385 Å². The smallest absolute Gasteiger partial charge is 0.0465 e. The molecule has 1 aliphatic rings. The highest BCUT2D eigenvalue weighted by Gasteiger charge is 2.36. The van der Waals surface area contributed by atoms with Gasteiger partial charge in [0.2, 0.25) is 0 Å². The number of fused-ring (bicyclic) bond motifs is 6. The number of hydrogen-bond acceptors (Lipinski definition) is 2.